The quantitative estimate of drug-likeness (QED) is 0.727. The van der Waals surface area contributed by atoms with Crippen LogP contribution in [0, 0.1) is 0 Å². The zero-order valence-corrected chi connectivity index (χ0v) is 9.28. The minimum Gasteiger partial charge on any atom is -0.372 e. The highest BCUT2D eigenvalue weighted by Crippen LogP contribution is 2.14. The Balaban J connectivity index is 2.13. The molecule has 0 aromatic carbocycles. The predicted molar refractivity (Wildman–Crippen MR) is 54.3 cm³/mol. The lowest BCUT2D eigenvalue weighted by Crippen LogP contribution is -2.17. The molecule has 1 rings (SSSR count). The van der Waals surface area contributed by atoms with Crippen LogP contribution in [-0.4, -0.2) is 40.9 Å². The number of nitrogens with zero attached hydrogens (tertiary/aromatic N) is 3. The number of ether oxygens (including phenoxy) is 1. The molecule has 0 spiro atoms. The molecule has 2 N–H and O–H groups in total. The van der Waals surface area contributed by atoms with Crippen molar-refractivity contribution in [1.29, 1.82) is 0 Å². The molecule has 0 radical (unpaired) electrons. The van der Waals surface area contributed by atoms with E-state index in [0.29, 0.717) is 25.9 Å². The second-order valence-corrected chi connectivity index (χ2v) is 3.53. The summed E-state index contributed by atoms with van der Waals surface area (Å²) in [7, 11) is 0. The fourth-order valence-electron chi connectivity index (χ4n) is 1.23. The summed E-state index contributed by atoms with van der Waals surface area (Å²) in [5.41, 5.74) is 6.13. The number of hydrogen-bond donors (Lipinski definition) is 1. The summed E-state index contributed by atoms with van der Waals surface area (Å²) in [5.74, 6) is 0. The van der Waals surface area contributed by atoms with Crippen molar-refractivity contribution < 1.29 is 17.9 Å². The molecule has 1 aromatic rings. The Bertz CT molecular complexity index is 326. The monoisotopic (exact) mass is 252 g/mol. The van der Waals surface area contributed by atoms with Crippen molar-refractivity contribution in [2.45, 2.75) is 25.6 Å². The van der Waals surface area contributed by atoms with Gasteiger partial charge in [-0.3, -0.25) is 4.68 Å². The van der Waals surface area contributed by atoms with Crippen LogP contribution >= 0.6 is 0 Å². The maximum Gasteiger partial charge on any atom is 0.411 e. The highest BCUT2D eigenvalue weighted by atomic mass is 19.4. The molecule has 0 aliphatic carbocycles. The summed E-state index contributed by atoms with van der Waals surface area (Å²) >= 11 is 0. The zero-order chi connectivity index (χ0) is 12.7. The number of rotatable bonds is 7. The van der Waals surface area contributed by atoms with Crippen LogP contribution in [0.1, 0.15) is 12.1 Å². The Morgan fingerprint density at radius 1 is 1.41 bits per heavy atom. The first-order valence-corrected chi connectivity index (χ1v) is 5.25. The molecule has 0 saturated carbocycles. The molecule has 0 atom stereocenters. The lowest BCUT2D eigenvalue weighted by Gasteiger charge is -2.06. The maximum absolute atomic E-state index is 11.7. The number of alkyl halides is 3. The van der Waals surface area contributed by atoms with E-state index in [1.807, 2.05) is 0 Å². The van der Waals surface area contributed by atoms with E-state index >= 15 is 0 Å². The molecular formula is C9H15F3N4O. The van der Waals surface area contributed by atoms with Crippen LogP contribution in [0.25, 0.3) is 0 Å². The number of aromatic nitrogens is 3. The van der Waals surface area contributed by atoms with Gasteiger partial charge in [0.15, 0.2) is 0 Å². The lowest BCUT2D eigenvalue weighted by molar-refractivity contribution is -0.174. The minimum absolute atomic E-state index is 0.0472. The Labute approximate surface area is 96.7 Å². The summed E-state index contributed by atoms with van der Waals surface area (Å²) in [6.07, 6.45) is -1.43. The topological polar surface area (TPSA) is 66.0 Å². The smallest absolute Gasteiger partial charge is 0.372 e. The molecule has 5 nitrogen and oxygen atoms in total. The van der Waals surface area contributed by atoms with Crippen LogP contribution in [0.5, 0.6) is 0 Å². The molecule has 1 aromatic heterocycles. The van der Waals surface area contributed by atoms with Gasteiger partial charge >= 0.3 is 6.18 Å². The second-order valence-electron chi connectivity index (χ2n) is 3.53. The Morgan fingerprint density at radius 2 is 2.18 bits per heavy atom. The molecule has 0 amide bonds. The van der Waals surface area contributed by atoms with E-state index in [0.717, 1.165) is 5.69 Å². The van der Waals surface area contributed by atoms with E-state index in [-0.39, 0.29) is 6.61 Å². The molecule has 1 heterocycles. The largest absolute Gasteiger partial charge is 0.411 e. The molecule has 0 aliphatic heterocycles. The average Bonchev–Trinajstić information content (AvgIpc) is 2.64. The zero-order valence-electron chi connectivity index (χ0n) is 9.28. The second kappa shape index (κ2) is 6.55. The average molecular weight is 252 g/mol. The van der Waals surface area contributed by atoms with Crippen molar-refractivity contribution in [2.24, 2.45) is 5.73 Å². The molecule has 0 aliphatic rings. The number of nitrogens with two attached hydrogens (primary N) is 1. The molecule has 0 bridgehead atoms. The highest BCUT2D eigenvalue weighted by Gasteiger charge is 2.27. The summed E-state index contributed by atoms with van der Waals surface area (Å²) in [4.78, 5) is 0. The van der Waals surface area contributed by atoms with Crippen LogP contribution < -0.4 is 5.73 Å². The predicted octanol–water partition coefficient (Wildman–Crippen LogP) is 0.748. The SMILES string of the molecule is NCCc1cn(CCCOCC(F)(F)F)nn1. The van der Waals surface area contributed by atoms with Crippen molar-refractivity contribution in [3.8, 4) is 0 Å². The van der Waals surface area contributed by atoms with Gasteiger partial charge in [0.05, 0.1) is 5.69 Å². The highest BCUT2D eigenvalue weighted by molar-refractivity contribution is 4.92. The van der Waals surface area contributed by atoms with Crippen molar-refractivity contribution in [2.75, 3.05) is 19.8 Å². The summed E-state index contributed by atoms with van der Waals surface area (Å²) in [6, 6.07) is 0. The first-order valence-electron chi connectivity index (χ1n) is 5.25. The van der Waals surface area contributed by atoms with Crippen LogP contribution in [0.3, 0.4) is 0 Å². The summed E-state index contributed by atoms with van der Waals surface area (Å²) in [5, 5.41) is 7.67. The third-order valence-corrected chi connectivity index (χ3v) is 1.93. The van der Waals surface area contributed by atoms with E-state index < -0.39 is 12.8 Å². The standard InChI is InChI=1S/C9H15F3N4O/c10-9(11,12)7-17-5-1-4-16-6-8(2-3-13)14-15-16/h6H,1-5,7,13H2. The van der Waals surface area contributed by atoms with Gasteiger partial charge < -0.3 is 10.5 Å². The van der Waals surface area contributed by atoms with E-state index in [1.165, 1.54) is 0 Å². The van der Waals surface area contributed by atoms with Gasteiger partial charge in [-0.25, -0.2) is 0 Å². The van der Waals surface area contributed by atoms with Gasteiger partial charge in [-0.1, -0.05) is 5.21 Å². The van der Waals surface area contributed by atoms with Gasteiger partial charge in [0, 0.05) is 25.8 Å². The number of aryl methyl sites for hydroxylation is 1. The van der Waals surface area contributed by atoms with Gasteiger partial charge in [0.25, 0.3) is 0 Å². The number of hydrogen-bond acceptors (Lipinski definition) is 4. The lowest BCUT2D eigenvalue weighted by atomic mass is 10.3. The van der Waals surface area contributed by atoms with E-state index in [4.69, 9.17) is 5.73 Å². The first-order chi connectivity index (χ1) is 8.01. The Kier molecular flexibility index (Phi) is 5.36. The van der Waals surface area contributed by atoms with Gasteiger partial charge in [-0.2, -0.15) is 13.2 Å². The molecule has 0 fully saturated rings. The summed E-state index contributed by atoms with van der Waals surface area (Å²) in [6.45, 7) is -0.183. The molecule has 8 heteroatoms. The van der Waals surface area contributed by atoms with E-state index in [9.17, 15) is 13.2 Å². The van der Waals surface area contributed by atoms with Crippen molar-refractivity contribution in [1.82, 2.24) is 15.0 Å². The van der Waals surface area contributed by atoms with Crippen LogP contribution in [0.4, 0.5) is 13.2 Å². The van der Waals surface area contributed by atoms with Crippen LogP contribution in [0.15, 0.2) is 6.20 Å². The minimum atomic E-state index is -4.26. The van der Waals surface area contributed by atoms with Crippen LogP contribution in [-0.2, 0) is 17.7 Å². The van der Waals surface area contributed by atoms with Crippen molar-refractivity contribution in [3.05, 3.63) is 11.9 Å². The molecule has 98 valence electrons. The fourth-order valence-corrected chi connectivity index (χ4v) is 1.23. The molecule has 17 heavy (non-hydrogen) atoms. The molecule has 0 saturated heterocycles. The van der Waals surface area contributed by atoms with Gasteiger partial charge in [0.1, 0.15) is 6.61 Å². The van der Waals surface area contributed by atoms with Crippen LogP contribution in [0.2, 0.25) is 0 Å². The third kappa shape index (κ3) is 6.22. The Morgan fingerprint density at radius 3 is 2.82 bits per heavy atom. The van der Waals surface area contributed by atoms with Gasteiger partial charge in [-0.15, -0.1) is 5.10 Å². The van der Waals surface area contributed by atoms with E-state index in [1.54, 1.807) is 10.9 Å². The third-order valence-electron chi connectivity index (χ3n) is 1.93. The summed E-state index contributed by atoms with van der Waals surface area (Å²) < 4.78 is 41.2. The van der Waals surface area contributed by atoms with E-state index in [2.05, 4.69) is 15.0 Å². The fraction of sp³-hybridized carbons (Fsp3) is 0.778. The first kappa shape index (κ1) is 13.9. The molecular weight excluding hydrogens is 237 g/mol. The maximum atomic E-state index is 11.7. The molecule has 0 unspecified atom stereocenters. The van der Waals surface area contributed by atoms with Crippen molar-refractivity contribution >= 4 is 0 Å². The Hall–Kier alpha value is -1.15. The van der Waals surface area contributed by atoms with Gasteiger partial charge in [0.2, 0.25) is 0 Å². The normalized spacial score (nSPS) is 12.0. The van der Waals surface area contributed by atoms with Crippen molar-refractivity contribution in [3.63, 3.8) is 0 Å². The van der Waals surface area contributed by atoms with Gasteiger partial charge in [-0.05, 0) is 13.0 Å². The number of halogens is 3.